The maximum atomic E-state index is 12.0. The normalized spacial score (nSPS) is 16.7. The summed E-state index contributed by atoms with van der Waals surface area (Å²) in [6.07, 6.45) is 8.41. The zero-order chi connectivity index (χ0) is 15.3. The summed E-state index contributed by atoms with van der Waals surface area (Å²) in [7, 11) is 0. The average Bonchev–Trinajstić information content (AvgIpc) is 2.46. The molecule has 0 spiro atoms. The number of carbonyl (C=O) groups excluding carboxylic acids is 1. The summed E-state index contributed by atoms with van der Waals surface area (Å²) in [4.78, 5) is 12.0. The maximum absolute atomic E-state index is 12.0. The van der Waals surface area contributed by atoms with Gasteiger partial charge in [-0.25, -0.2) is 0 Å². The topological polar surface area (TPSA) is 29.1 Å². The van der Waals surface area contributed by atoms with Crippen molar-refractivity contribution in [3.63, 3.8) is 0 Å². The van der Waals surface area contributed by atoms with Crippen LogP contribution in [0, 0.1) is 5.92 Å². The van der Waals surface area contributed by atoms with E-state index in [4.69, 9.17) is 0 Å². The second kappa shape index (κ2) is 7.11. The van der Waals surface area contributed by atoms with Crippen LogP contribution in [0.25, 0.3) is 0 Å². The highest BCUT2D eigenvalue weighted by molar-refractivity contribution is 5.90. The van der Waals surface area contributed by atoms with E-state index >= 15 is 0 Å². The molecule has 0 heterocycles. The molecular weight excluding hydrogens is 258 g/mol. The van der Waals surface area contributed by atoms with Crippen LogP contribution in [0.4, 0.5) is 5.69 Å². The number of rotatable bonds is 4. The molecule has 0 aromatic heterocycles. The molecule has 0 atom stereocenters. The van der Waals surface area contributed by atoms with Gasteiger partial charge in [0.05, 0.1) is 0 Å². The summed E-state index contributed by atoms with van der Waals surface area (Å²) in [5.41, 5.74) is 2.36. The van der Waals surface area contributed by atoms with Crippen LogP contribution in [0.2, 0.25) is 0 Å². The van der Waals surface area contributed by atoms with Crippen molar-refractivity contribution in [1.82, 2.24) is 0 Å². The molecule has 116 valence electrons. The second-order valence-corrected chi connectivity index (χ2v) is 7.42. The van der Waals surface area contributed by atoms with E-state index in [-0.39, 0.29) is 11.3 Å². The molecule has 0 aliphatic heterocycles. The summed E-state index contributed by atoms with van der Waals surface area (Å²) in [5, 5.41) is 3.02. The Morgan fingerprint density at radius 1 is 1.10 bits per heavy atom. The molecule has 1 aromatic rings. The van der Waals surface area contributed by atoms with Crippen LogP contribution in [-0.2, 0) is 10.2 Å². The van der Waals surface area contributed by atoms with Gasteiger partial charge in [-0.1, -0.05) is 65.0 Å². The molecule has 0 unspecified atom stereocenters. The van der Waals surface area contributed by atoms with Gasteiger partial charge in [0, 0.05) is 12.1 Å². The molecule has 1 aliphatic rings. The predicted octanol–water partition coefficient (Wildman–Crippen LogP) is 5.28. The van der Waals surface area contributed by atoms with E-state index in [9.17, 15) is 4.79 Å². The molecule has 2 heteroatoms. The molecule has 1 amide bonds. The molecule has 0 radical (unpaired) electrons. The molecule has 2 nitrogen and oxygen atoms in total. The predicted molar refractivity (Wildman–Crippen MR) is 89.6 cm³/mol. The Morgan fingerprint density at radius 2 is 1.71 bits per heavy atom. The van der Waals surface area contributed by atoms with Gasteiger partial charge in [0.25, 0.3) is 0 Å². The number of hydrogen-bond acceptors (Lipinski definition) is 1. The van der Waals surface area contributed by atoms with Gasteiger partial charge in [0.2, 0.25) is 5.91 Å². The molecule has 1 aliphatic carbocycles. The van der Waals surface area contributed by atoms with E-state index in [1.54, 1.807) is 0 Å². The number of anilines is 1. The van der Waals surface area contributed by atoms with Crippen molar-refractivity contribution >= 4 is 11.6 Å². The van der Waals surface area contributed by atoms with Gasteiger partial charge in [-0.3, -0.25) is 4.79 Å². The van der Waals surface area contributed by atoms with Crippen molar-refractivity contribution in [3.05, 3.63) is 29.8 Å². The number of amides is 1. The Morgan fingerprint density at radius 3 is 2.29 bits per heavy atom. The molecule has 21 heavy (non-hydrogen) atoms. The molecule has 0 bridgehead atoms. The monoisotopic (exact) mass is 287 g/mol. The van der Waals surface area contributed by atoms with Crippen molar-refractivity contribution < 1.29 is 4.79 Å². The lowest BCUT2D eigenvalue weighted by atomic mass is 9.86. The number of nitrogens with one attached hydrogen (secondary N) is 1. The van der Waals surface area contributed by atoms with Crippen LogP contribution in [0.15, 0.2) is 24.3 Å². The van der Waals surface area contributed by atoms with E-state index in [1.807, 2.05) is 12.1 Å². The van der Waals surface area contributed by atoms with Gasteiger partial charge < -0.3 is 5.32 Å². The maximum Gasteiger partial charge on any atom is 0.224 e. The summed E-state index contributed by atoms with van der Waals surface area (Å²) < 4.78 is 0. The zero-order valence-corrected chi connectivity index (χ0v) is 13.7. The first-order valence-electron chi connectivity index (χ1n) is 8.35. The van der Waals surface area contributed by atoms with Crippen molar-refractivity contribution in [2.45, 2.75) is 71.1 Å². The largest absolute Gasteiger partial charge is 0.326 e. The van der Waals surface area contributed by atoms with Crippen LogP contribution in [0.3, 0.4) is 0 Å². The molecular formula is C19H29NO. The van der Waals surface area contributed by atoms with E-state index in [0.29, 0.717) is 6.42 Å². The van der Waals surface area contributed by atoms with Gasteiger partial charge in [0.15, 0.2) is 0 Å². The summed E-state index contributed by atoms with van der Waals surface area (Å²) in [5.74, 6) is 0.928. The minimum atomic E-state index is 0.156. The fourth-order valence-electron chi connectivity index (χ4n) is 3.09. The average molecular weight is 287 g/mol. The molecule has 1 saturated carbocycles. The first-order valence-corrected chi connectivity index (χ1v) is 8.35. The van der Waals surface area contributed by atoms with Gasteiger partial charge >= 0.3 is 0 Å². The molecule has 1 aromatic carbocycles. The Balaban J connectivity index is 1.79. The van der Waals surface area contributed by atoms with E-state index in [0.717, 1.165) is 18.0 Å². The van der Waals surface area contributed by atoms with Gasteiger partial charge in [-0.05, 0) is 35.4 Å². The van der Waals surface area contributed by atoms with Gasteiger partial charge in [-0.2, -0.15) is 0 Å². The van der Waals surface area contributed by atoms with Crippen molar-refractivity contribution in [2.75, 3.05) is 5.32 Å². The minimum absolute atomic E-state index is 0.156. The van der Waals surface area contributed by atoms with Crippen LogP contribution in [-0.4, -0.2) is 5.91 Å². The van der Waals surface area contributed by atoms with Gasteiger partial charge in [-0.15, -0.1) is 0 Å². The molecule has 1 fully saturated rings. The van der Waals surface area contributed by atoms with Crippen molar-refractivity contribution in [3.8, 4) is 0 Å². The number of benzene rings is 1. The summed E-state index contributed by atoms with van der Waals surface area (Å²) in [6, 6.07) is 8.24. The Kier molecular flexibility index (Phi) is 5.44. The summed E-state index contributed by atoms with van der Waals surface area (Å²) >= 11 is 0. The standard InChI is InChI=1S/C19H29NO/c1-19(2,3)16-10-12-17(13-11-16)20-18(21)14-9-15-7-5-4-6-8-15/h10-13,15H,4-9,14H2,1-3H3,(H,20,21). The van der Waals surface area contributed by atoms with E-state index in [2.05, 4.69) is 38.2 Å². The third-order valence-corrected chi connectivity index (χ3v) is 4.54. The number of hydrogen-bond donors (Lipinski definition) is 1. The Bertz CT molecular complexity index is 449. The number of carbonyl (C=O) groups is 1. The fraction of sp³-hybridized carbons (Fsp3) is 0.632. The van der Waals surface area contributed by atoms with Crippen molar-refractivity contribution in [2.24, 2.45) is 5.92 Å². The fourth-order valence-corrected chi connectivity index (χ4v) is 3.09. The highest BCUT2D eigenvalue weighted by atomic mass is 16.1. The third kappa shape index (κ3) is 5.18. The third-order valence-electron chi connectivity index (χ3n) is 4.54. The minimum Gasteiger partial charge on any atom is -0.326 e. The lowest BCUT2D eigenvalue weighted by Crippen LogP contribution is -2.15. The van der Waals surface area contributed by atoms with E-state index < -0.39 is 0 Å². The van der Waals surface area contributed by atoms with Crippen LogP contribution >= 0.6 is 0 Å². The Labute approximate surface area is 129 Å². The highest BCUT2D eigenvalue weighted by Gasteiger charge is 2.15. The van der Waals surface area contributed by atoms with Crippen LogP contribution in [0.1, 0.15) is 71.3 Å². The van der Waals surface area contributed by atoms with Crippen molar-refractivity contribution in [1.29, 1.82) is 0 Å². The van der Waals surface area contributed by atoms with Gasteiger partial charge in [0.1, 0.15) is 0 Å². The SMILES string of the molecule is CC(C)(C)c1ccc(NC(=O)CCC2CCCCC2)cc1. The van der Waals surface area contributed by atoms with Crippen LogP contribution < -0.4 is 5.32 Å². The lowest BCUT2D eigenvalue weighted by Gasteiger charge is -2.21. The highest BCUT2D eigenvalue weighted by Crippen LogP contribution is 2.27. The molecule has 2 rings (SSSR count). The summed E-state index contributed by atoms with van der Waals surface area (Å²) in [6.45, 7) is 6.60. The zero-order valence-electron chi connectivity index (χ0n) is 13.7. The van der Waals surface area contributed by atoms with Crippen LogP contribution in [0.5, 0.6) is 0 Å². The lowest BCUT2D eigenvalue weighted by molar-refractivity contribution is -0.116. The first kappa shape index (κ1) is 16.1. The smallest absolute Gasteiger partial charge is 0.224 e. The molecule has 0 saturated heterocycles. The van der Waals surface area contributed by atoms with E-state index in [1.165, 1.54) is 37.7 Å². The Hall–Kier alpha value is -1.31. The second-order valence-electron chi connectivity index (χ2n) is 7.42. The molecule has 1 N–H and O–H groups in total. The first-order chi connectivity index (χ1) is 9.95. The quantitative estimate of drug-likeness (QED) is 0.801.